The minimum Gasteiger partial charge on any atom is -0.508 e. The number of phenols is 1. The molecule has 8 N–H and O–H groups in total. The number of aryl methyl sites for hydroxylation is 1. The van der Waals surface area contributed by atoms with Gasteiger partial charge < -0.3 is 26.6 Å². The number of amides is 2. The molecule has 12 nitrogen and oxygen atoms in total. The zero-order valence-electron chi connectivity index (χ0n) is 23.3. The number of nitrogens with two attached hydrogens (primary N) is 1. The van der Waals surface area contributed by atoms with Gasteiger partial charge in [-0.1, -0.05) is 66.7 Å². The largest absolute Gasteiger partial charge is 0.508 e. The molecular formula is C30H35N5O7S. The van der Waals surface area contributed by atoms with Crippen molar-refractivity contribution >= 4 is 33.6 Å². The van der Waals surface area contributed by atoms with Crippen LogP contribution in [-0.2, 0) is 43.1 Å². The van der Waals surface area contributed by atoms with Crippen LogP contribution in [0.4, 0.5) is 0 Å². The van der Waals surface area contributed by atoms with Crippen LogP contribution in [0.2, 0.25) is 0 Å². The molecule has 0 aliphatic heterocycles. The van der Waals surface area contributed by atoms with Gasteiger partial charge in [-0.05, 0) is 48.1 Å². The molecule has 43 heavy (non-hydrogen) atoms. The quantitative estimate of drug-likeness (QED) is 0.0937. The number of benzene rings is 3. The van der Waals surface area contributed by atoms with E-state index in [2.05, 4.69) is 15.4 Å². The first-order valence-electron chi connectivity index (χ1n) is 13.5. The second kappa shape index (κ2) is 15.5. The van der Waals surface area contributed by atoms with Crippen molar-refractivity contribution in [2.24, 2.45) is 5.73 Å². The maximum atomic E-state index is 13.4. The molecule has 0 bridgehead atoms. The van der Waals surface area contributed by atoms with Crippen molar-refractivity contribution in [3.05, 3.63) is 101 Å². The fraction of sp³-hybridized carbons (Fsp3) is 0.267. The number of nitrogen functional groups attached to an aromatic ring is 1. The smallest absolute Gasteiger partial charge is 0.303 e. The minimum atomic E-state index is -4.00. The summed E-state index contributed by atoms with van der Waals surface area (Å²) in [6.07, 6.45) is -0.337. The Kier molecular flexibility index (Phi) is 11.8. The van der Waals surface area contributed by atoms with E-state index in [-0.39, 0.29) is 43.1 Å². The molecule has 0 aliphatic carbocycles. The molecule has 0 aliphatic rings. The summed E-state index contributed by atoms with van der Waals surface area (Å²) >= 11 is 0. The van der Waals surface area contributed by atoms with Crippen LogP contribution in [0.1, 0.15) is 41.5 Å². The lowest BCUT2D eigenvalue weighted by atomic mass is 10.0. The van der Waals surface area contributed by atoms with Gasteiger partial charge in [0.15, 0.2) is 0 Å². The maximum absolute atomic E-state index is 13.4. The number of carboxylic acids is 1. The highest BCUT2D eigenvalue weighted by Gasteiger charge is 2.29. The van der Waals surface area contributed by atoms with E-state index in [1.54, 1.807) is 66.7 Å². The average Bonchev–Trinajstić information content (AvgIpc) is 2.97. The fourth-order valence-corrected chi connectivity index (χ4v) is 5.57. The number of phenolic OH excluding ortho intramolecular Hbond substituents is 1. The van der Waals surface area contributed by atoms with Gasteiger partial charge in [-0.2, -0.15) is 0 Å². The van der Waals surface area contributed by atoms with E-state index in [0.29, 0.717) is 16.7 Å². The molecule has 0 radical (unpaired) electrons. The molecule has 13 heteroatoms. The molecule has 0 fully saturated rings. The summed E-state index contributed by atoms with van der Waals surface area (Å²) in [6.45, 7) is 0.0600. The number of rotatable bonds is 16. The maximum Gasteiger partial charge on any atom is 0.303 e. The highest BCUT2D eigenvalue weighted by molar-refractivity contribution is 7.88. The summed E-state index contributed by atoms with van der Waals surface area (Å²) in [6, 6.07) is 18.7. The topological polar surface area (TPSA) is 212 Å². The van der Waals surface area contributed by atoms with Gasteiger partial charge in [0.25, 0.3) is 0 Å². The monoisotopic (exact) mass is 609 g/mol. The van der Waals surface area contributed by atoms with E-state index in [0.717, 1.165) is 5.56 Å². The molecule has 0 saturated heterocycles. The molecule has 0 aromatic heterocycles. The van der Waals surface area contributed by atoms with Crippen LogP contribution in [0.5, 0.6) is 5.75 Å². The van der Waals surface area contributed by atoms with Crippen LogP contribution in [0, 0.1) is 5.41 Å². The standard InChI is InChI=1S/C30H35N5O7S/c31-28(32)23-11-6-21(7-12-23)18-33-29(39)25(16-17-27(37)38)34-30(40)26(15-10-20-8-13-24(36)14-9-20)35-43(41,42)19-22-4-2-1-3-5-22/h1-9,11-14,25-26,35-36H,10,15-19H2,(H3,31,32)(H,33,39)(H,34,40)(H,37,38)/t25-,26+/m0/s1. The minimum absolute atomic E-state index is 0.0282. The van der Waals surface area contributed by atoms with Crippen LogP contribution < -0.4 is 21.1 Å². The first-order valence-corrected chi connectivity index (χ1v) is 15.1. The average molecular weight is 610 g/mol. The number of nitrogens with one attached hydrogen (secondary N) is 4. The number of aliphatic carboxylic acids is 1. The fourth-order valence-electron chi connectivity index (χ4n) is 4.19. The van der Waals surface area contributed by atoms with Gasteiger partial charge in [0.1, 0.15) is 23.7 Å². The van der Waals surface area contributed by atoms with E-state index in [9.17, 15) is 33.0 Å². The summed E-state index contributed by atoms with van der Waals surface area (Å²) < 4.78 is 28.5. The Balaban J connectivity index is 1.75. The van der Waals surface area contributed by atoms with Gasteiger partial charge >= 0.3 is 5.97 Å². The molecule has 0 saturated carbocycles. The Hall–Kier alpha value is -4.75. The van der Waals surface area contributed by atoms with E-state index in [1.165, 1.54) is 12.1 Å². The molecular weight excluding hydrogens is 574 g/mol. The van der Waals surface area contributed by atoms with Crippen LogP contribution in [-0.4, -0.2) is 54.3 Å². The van der Waals surface area contributed by atoms with Crippen molar-refractivity contribution in [1.82, 2.24) is 15.4 Å². The van der Waals surface area contributed by atoms with Crippen LogP contribution >= 0.6 is 0 Å². The van der Waals surface area contributed by atoms with Crippen molar-refractivity contribution in [1.29, 1.82) is 5.41 Å². The lowest BCUT2D eigenvalue weighted by Crippen LogP contribution is -2.54. The van der Waals surface area contributed by atoms with E-state index < -0.39 is 46.3 Å². The number of carbonyl (C=O) groups excluding carboxylic acids is 2. The summed E-state index contributed by atoms with van der Waals surface area (Å²) in [5, 5.41) is 31.4. The number of aromatic hydroxyl groups is 1. The van der Waals surface area contributed by atoms with E-state index in [4.69, 9.17) is 11.1 Å². The van der Waals surface area contributed by atoms with Gasteiger partial charge in [-0.3, -0.25) is 19.8 Å². The van der Waals surface area contributed by atoms with Crippen molar-refractivity contribution in [3.63, 3.8) is 0 Å². The van der Waals surface area contributed by atoms with Crippen molar-refractivity contribution < 1.29 is 33.0 Å². The lowest BCUT2D eigenvalue weighted by molar-refractivity contribution is -0.138. The molecule has 0 unspecified atom stereocenters. The second-order valence-corrected chi connectivity index (χ2v) is 11.7. The number of hydrogen-bond donors (Lipinski definition) is 7. The number of carboxylic acid groups (broad SMARTS) is 1. The molecule has 2 amide bonds. The number of carbonyl (C=O) groups is 3. The van der Waals surface area contributed by atoms with Gasteiger partial charge in [0, 0.05) is 18.5 Å². The Labute approximate surface area is 249 Å². The molecule has 228 valence electrons. The van der Waals surface area contributed by atoms with Crippen molar-refractivity contribution in [2.75, 3.05) is 0 Å². The Morgan fingerprint density at radius 1 is 0.814 bits per heavy atom. The molecule has 3 aromatic rings. The predicted octanol–water partition coefficient (Wildman–Crippen LogP) is 1.76. The summed E-state index contributed by atoms with van der Waals surface area (Å²) in [7, 11) is -4.00. The highest BCUT2D eigenvalue weighted by atomic mass is 32.2. The van der Waals surface area contributed by atoms with E-state index >= 15 is 0 Å². The molecule has 2 atom stereocenters. The van der Waals surface area contributed by atoms with Crippen molar-refractivity contribution in [2.45, 2.75) is 50.1 Å². The summed E-state index contributed by atoms with van der Waals surface area (Å²) in [5.74, 6) is -3.02. The number of amidine groups is 1. The summed E-state index contributed by atoms with van der Waals surface area (Å²) in [5.41, 5.74) is 7.92. The zero-order chi connectivity index (χ0) is 31.4. The summed E-state index contributed by atoms with van der Waals surface area (Å²) in [4.78, 5) is 37.8. The van der Waals surface area contributed by atoms with Crippen molar-refractivity contribution in [3.8, 4) is 5.75 Å². The Morgan fingerprint density at radius 3 is 2.05 bits per heavy atom. The third-order valence-corrected chi connectivity index (χ3v) is 7.86. The van der Waals surface area contributed by atoms with E-state index in [1.807, 2.05) is 0 Å². The first kappa shape index (κ1) is 32.8. The van der Waals surface area contributed by atoms with Crippen LogP contribution in [0.25, 0.3) is 0 Å². The molecule has 3 aromatic carbocycles. The SMILES string of the molecule is N=C(N)c1ccc(CNC(=O)[C@H](CCC(=O)O)NC(=O)[C@@H](CCc2ccc(O)cc2)NS(=O)(=O)Cc2ccccc2)cc1. The Bertz CT molecular complexity index is 1510. The second-order valence-electron chi connectivity index (χ2n) is 9.94. The third-order valence-electron chi connectivity index (χ3n) is 6.51. The molecule has 0 spiro atoms. The highest BCUT2D eigenvalue weighted by Crippen LogP contribution is 2.14. The Morgan fingerprint density at radius 2 is 1.44 bits per heavy atom. The molecule has 3 rings (SSSR count). The van der Waals surface area contributed by atoms with Gasteiger partial charge in [-0.25, -0.2) is 13.1 Å². The number of hydrogen-bond acceptors (Lipinski definition) is 7. The first-order chi connectivity index (χ1) is 20.4. The normalized spacial score (nSPS) is 12.6. The number of sulfonamides is 1. The van der Waals surface area contributed by atoms with Crippen LogP contribution in [0.15, 0.2) is 78.9 Å². The van der Waals surface area contributed by atoms with Gasteiger partial charge in [-0.15, -0.1) is 0 Å². The molecule has 0 heterocycles. The third kappa shape index (κ3) is 11.2. The van der Waals surface area contributed by atoms with Gasteiger partial charge in [0.05, 0.1) is 5.75 Å². The lowest BCUT2D eigenvalue weighted by Gasteiger charge is -2.23. The predicted molar refractivity (Wildman–Crippen MR) is 161 cm³/mol. The van der Waals surface area contributed by atoms with Crippen LogP contribution in [0.3, 0.4) is 0 Å². The zero-order valence-corrected chi connectivity index (χ0v) is 24.1. The van der Waals surface area contributed by atoms with Gasteiger partial charge in [0.2, 0.25) is 21.8 Å².